The van der Waals surface area contributed by atoms with Crippen LogP contribution in [0.15, 0.2) is 47.6 Å². The summed E-state index contributed by atoms with van der Waals surface area (Å²) in [6, 6.07) is 12.3. The number of carbonyl (C=O) groups is 1. The smallest absolute Gasteiger partial charge is 0.283 e. The van der Waals surface area contributed by atoms with Crippen molar-refractivity contribution >= 4 is 35.1 Å². The van der Waals surface area contributed by atoms with Crippen molar-refractivity contribution in [3.63, 3.8) is 0 Å². The van der Waals surface area contributed by atoms with E-state index < -0.39 is 0 Å². The molecule has 4 rings (SSSR count). The number of benzene rings is 2. The number of amides is 1. The second-order valence-corrected chi connectivity index (χ2v) is 8.08. The molecule has 0 aliphatic heterocycles. The lowest BCUT2D eigenvalue weighted by Gasteiger charge is -2.03. The van der Waals surface area contributed by atoms with E-state index in [1.165, 1.54) is 30.7 Å². The summed E-state index contributed by atoms with van der Waals surface area (Å²) in [7, 11) is 1.48. The summed E-state index contributed by atoms with van der Waals surface area (Å²) in [5.41, 5.74) is 4.95. The molecule has 1 saturated carbocycles. The van der Waals surface area contributed by atoms with Crippen LogP contribution in [0.4, 0.5) is 0 Å². The Bertz CT molecular complexity index is 1080. The number of thiazole rings is 1. The number of aromatic hydroxyl groups is 1. The lowest BCUT2D eigenvalue weighted by atomic mass is 10.2. The molecule has 0 atom stereocenters. The van der Waals surface area contributed by atoms with Crippen LogP contribution in [0.25, 0.3) is 10.6 Å². The van der Waals surface area contributed by atoms with Crippen LogP contribution in [0.5, 0.6) is 11.5 Å². The highest BCUT2D eigenvalue weighted by molar-refractivity contribution is 7.17. The SMILES string of the molecule is COc1ccc(/C=N/NC(=O)c2sc(-c3ccc(Cl)cc3)nc2C2CC2)cc1O. The lowest BCUT2D eigenvalue weighted by Crippen LogP contribution is -2.17. The summed E-state index contributed by atoms with van der Waals surface area (Å²) in [4.78, 5) is 18.0. The molecule has 1 amide bonds. The highest BCUT2D eigenvalue weighted by Gasteiger charge is 2.32. The van der Waals surface area contributed by atoms with E-state index in [0.717, 1.165) is 29.1 Å². The maximum atomic E-state index is 12.7. The van der Waals surface area contributed by atoms with E-state index in [1.54, 1.807) is 12.1 Å². The van der Waals surface area contributed by atoms with Crippen molar-refractivity contribution in [3.8, 4) is 22.1 Å². The van der Waals surface area contributed by atoms with Crippen LogP contribution < -0.4 is 10.2 Å². The Hall–Kier alpha value is -2.90. The minimum absolute atomic E-state index is 0.00820. The number of hydrogen-bond acceptors (Lipinski definition) is 6. The summed E-state index contributed by atoms with van der Waals surface area (Å²) in [5.74, 6) is 0.419. The predicted molar refractivity (Wildman–Crippen MR) is 114 cm³/mol. The minimum atomic E-state index is -0.293. The Labute approximate surface area is 176 Å². The summed E-state index contributed by atoms with van der Waals surface area (Å²) in [6.45, 7) is 0. The Morgan fingerprint density at radius 3 is 2.72 bits per heavy atom. The Balaban J connectivity index is 1.52. The number of halogens is 1. The summed E-state index contributed by atoms with van der Waals surface area (Å²) in [5, 5.41) is 15.3. The average molecular weight is 428 g/mol. The third kappa shape index (κ3) is 4.41. The predicted octanol–water partition coefficient (Wildman–Crippen LogP) is 4.82. The fourth-order valence-corrected chi connectivity index (χ4v) is 4.02. The number of methoxy groups -OCH3 is 1. The van der Waals surface area contributed by atoms with Gasteiger partial charge in [0.15, 0.2) is 11.5 Å². The first-order chi connectivity index (χ1) is 14.0. The van der Waals surface area contributed by atoms with Crippen LogP contribution >= 0.6 is 22.9 Å². The molecule has 0 saturated heterocycles. The van der Waals surface area contributed by atoms with Gasteiger partial charge in [0.05, 0.1) is 19.0 Å². The van der Waals surface area contributed by atoms with Gasteiger partial charge >= 0.3 is 0 Å². The van der Waals surface area contributed by atoms with Crippen LogP contribution in [0.2, 0.25) is 5.02 Å². The molecule has 0 unspecified atom stereocenters. The number of rotatable bonds is 6. The topological polar surface area (TPSA) is 83.8 Å². The van der Waals surface area contributed by atoms with Gasteiger partial charge in [0.2, 0.25) is 0 Å². The second kappa shape index (κ2) is 8.23. The molecule has 148 valence electrons. The third-order valence-corrected chi connectivity index (χ3v) is 5.87. The maximum absolute atomic E-state index is 12.7. The first-order valence-corrected chi connectivity index (χ1v) is 10.2. The first kappa shape index (κ1) is 19.4. The number of hydrogen-bond donors (Lipinski definition) is 2. The van der Waals surface area contributed by atoms with Crippen molar-refractivity contribution in [2.75, 3.05) is 7.11 Å². The minimum Gasteiger partial charge on any atom is -0.504 e. The fraction of sp³-hybridized carbons (Fsp3) is 0.190. The average Bonchev–Trinajstić information content (AvgIpc) is 3.47. The van der Waals surface area contributed by atoms with Crippen molar-refractivity contribution in [2.45, 2.75) is 18.8 Å². The van der Waals surface area contributed by atoms with Crippen molar-refractivity contribution in [1.29, 1.82) is 0 Å². The number of nitrogens with one attached hydrogen (secondary N) is 1. The largest absolute Gasteiger partial charge is 0.504 e. The second-order valence-electron chi connectivity index (χ2n) is 6.64. The highest BCUT2D eigenvalue weighted by Crippen LogP contribution is 2.44. The van der Waals surface area contributed by atoms with Gasteiger partial charge in [-0.1, -0.05) is 23.7 Å². The Kier molecular flexibility index (Phi) is 5.51. The number of ether oxygens (including phenoxy) is 1. The van der Waals surface area contributed by atoms with E-state index >= 15 is 0 Å². The molecule has 6 nitrogen and oxygen atoms in total. The van der Waals surface area contributed by atoms with Gasteiger partial charge in [0, 0.05) is 16.5 Å². The summed E-state index contributed by atoms with van der Waals surface area (Å²) in [6.07, 6.45) is 3.55. The molecule has 0 spiro atoms. The van der Waals surface area contributed by atoms with Gasteiger partial charge in [-0.3, -0.25) is 4.79 Å². The highest BCUT2D eigenvalue weighted by atomic mass is 35.5. The van der Waals surface area contributed by atoms with E-state index in [-0.39, 0.29) is 11.7 Å². The quantitative estimate of drug-likeness (QED) is 0.436. The molecule has 3 aromatic rings. The zero-order chi connectivity index (χ0) is 20.4. The van der Waals surface area contributed by atoms with E-state index in [0.29, 0.717) is 27.1 Å². The van der Waals surface area contributed by atoms with Crippen molar-refractivity contribution in [3.05, 3.63) is 63.6 Å². The van der Waals surface area contributed by atoms with Crippen molar-refractivity contribution in [2.24, 2.45) is 5.10 Å². The van der Waals surface area contributed by atoms with Gasteiger partial charge in [-0.25, -0.2) is 10.4 Å². The maximum Gasteiger partial charge on any atom is 0.283 e. The van der Waals surface area contributed by atoms with Crippen LogP contribution in [0.1, 0.15) is 39.7 Å². The van der Waals surface area contributed by atoms with Gasteiger partial charge in [-0.15, -0.1) is 11.3 Å². The molecule has 2 aromatic carbocycles. The van der Waals surface area contributed by atoms with E-state index in [1.807, 2.05) is 24.3 Å². The van der Waals surface area contributed by atoms with Crippen molar-refractivity contribution in [1.82, 2.24) is 10.4 Å². The molecule has 1 aliphatic rings. The van der Waals surface area contributed by atoms with E-state index in [9.17, 15) is 9.90 Å². The van der Waals surface area contributed by atoms with Crippen LogP contribution in [-0.4, -0.2) is 29.3 Å². The summed E-state index contributed by atoms with van der Waals surface area (Å²) >= 11 is 7.31. The monoisotopic (exact) mass is 427 g/mol. The lowest BCUT2D eigenvalue weighted by molar-refractivity contribution is 0.0958. The molecule has 1 heterocycles. The van der Waals surface area contributed by atoms with E-state index in [2.05, 4.69) is 10.5 Å². The molecule has 1 aliphatic carbocycles. The van der Waals surface area contributed by atoms with Crippen LogP contribution in [-0.2, 0) is 0 Å². The zero-order valence-corrected chi connectivity index (χ0v) is 17.1. The summed E-state index contributed by atoms with van der Waals surface area (Å²) < 4.78 is 5.01. The first-order valence-electron chi connectivity index (χ1n) is 9.02. The van der Waals surface area contributed by atoms with Crippen molar-refractivity contribution < 1.29 is 14.6 Å². The Morgan fingerprint density at radius 2 is 2.07 bits per heavy atom. The molecular formula is C21H18ClN3O3S. The van der Waals surface area contributed by atoms with E-state index in [4.69, 9.17) is 21.3 Å². The standard InChI is InChI=1S/C21H18ClN3O3S/c1-28-17-9-2-12(10-16(17)26)11-23-25-20(27)19-18(13-3-4-13)24-21(29-19)14-5-7-15(22)8-6-14/h2,5-11,13,26H,3-4H2,1H3,(H,25,27)/b23-11+. The molecule has 8 heteroatoms. The molecule has 29 heavy (non-hydrogen) atoms. The number of carbonyl (C=O) groups excluding carboxylic acids is 1. The molecule has 0 radical (unpaired) electrons. The van der Waals surface area contributed by atoms with Crippen LogP contribution in [0.3, 0.4) is 0 Å². The van der Waals surface area contributed by atoms with Gasteiger partial charge in [-0.05, 0) is 48.7 Å². The fourth-order valence-electron chi connectivity index (χ4n) is 2.85. The molecule has 2 N–H and O–H groups in total. The Morgan fingerprint density at radius 1 is 1.31 bits per heavy atom. The van der Waals surface area contributed by atoms with Crippen LogP contribution in [0, 0.1) is 0 Å². The number of hydrazone groups is 1. The molecular weight excluding hydrogens is 410 g/mol. The molecule has 1 fully saturated rings. The normalized spacial score (nSPS) is 13.6. The molecule has 0 bridgehead atoms. The van der Waals surface area contributed by atoms with Gasteiger partial charge in [0.1, 0.15) is 9.88 Å². The number of nitrogens with zero attached hydrogens (tertiary/aromatic N) is 2. The number of phenols is 1. The number of aromatic nitrogens is 1. The van der Waals surface area contributed by atoms with Gasteiger partial charge in [-0.2, -0.15) is 5.10 Å². The van der Waals surface area contributed by atoms with Gasteiger partial charge < -0.3 is 9.84 Å². The third-order valence-electron chi connectivity index (χ3n) is 4.50. The van der Waals surface area contributed by atoms with Gasteiger partial charge in [0.25, 0.3) is 5.91 Å². The molecule has 1 aromatic heterocycles. The number of phenolic OH excluding ortho intramolecular Hbond substituents is 1. The zero-order valence-electron chi connectivity index (χ0n) is 15.6.